The van der Waals surface area contributed by atoms with Crippen LogP contribution in [0.25, 0.3) is 0 Å². The molecule has 1 aliphatic carbocycles. The van der Waals surface area contributed by atoms with Crippen molar-refractivity contribution in [3.63, 3.8) is 0 Å². The summed E-state index contributed by atoms with van der Waals surface area (Å²) in [6.07, 6.45) is 7.08. The summed E-state index contributed by atoms with van der Waals surface area (Å²) in [4.78, 5) is 2.54. The molecule has 1 saturated heterocycles. The van der Waals surface area contributed by atoms with E-state index >= 15 is 0 Å². The smallest absolute Gasteiger partial charge is 0.0851 e. The molecule has 124 valence electrons. The summed E-state index contributed by atoms with van der Waals surface area (Å²) in [6, 6.07) is 1.89. The van der Waals surface area contributed by atoms with Crippen LogP contribution in [0.5, 0.6) is 0 Å². The van der Waals surface area contributed by atoms with Crippen molar-refractivity contribution in [1.29, 1.82) is 0 Å². The second kappa shape index (κ2) is 7.94. The molecule has 0 amide bonds. The Balaban J connectivity index is 1.80. The van der Waals surface area contributed by atoms with Gasteiger partial charge in [0.15, 0.2) is 0 Å². The molecule has 1 heterocycles. The third kappa shape index (κ3) is 4.67. The van der Waals surface area contributed by atoms with Crippen LogP contribution in [0.3, 0.4) is 0 Å². The molecule has 0 aromatic heterocycles. The van der Waals surface area contributed by atoms with E-state index in [-0.39, 0.29) is 0 Å². The number of methoxy groups -OCH3 is 1. The average Bonchev–Trinajstić information content (AvgIpc) is 2.48. The van der Waals surface area contributed by atoms with E-state index < -0.39 is 0 Å². The van der Waals surface area contributed by atoms with E-state index in [1.165, 1.54) is 38.6 Å². The summed E-state index contributed by atoms with van der Waals surface area (Å²) in [6.45, 7) is 11.6. The maximum Gasteiger partial charge on any atom is 0.0851 e. The Labute approximate surface area is 131 Å². The first-order chi connectivity index (χ1) is 10.0. The number of nitrogens with one attached hydrogen (secondary N) is 1. The van der Waals surface area contributed by atoms with Crippen LogP contribution in [0.4, 0.5) is 0 Å². The van der Waals surface area contributed by atoms with Gasteiger partial charge in [-0.25, -0.2) is 0 Å². The van der Waals surface area contributed by atoms with Gasteiger partial charge in [-0.1, -0.05) is 13.8 Å². The molecular formula is C18H36N2O. The summed E-state index contributed by atoms with van der Waals surface area (Å²) in [5, 5.41) is 3.93. The number of nitrogens with zero attached hydrogens (tertiary/aromatic N) is 1. The molecule has 0 aromatic carbocycles. The van der Waals surface area contributed by atoms with Crippen molar-refractivity contribution in [2.45, 2.75) is 84.0 Å². The normalized spacial score (nSPS) is 35.6. The fraction of sp³-hybridized carbons (Fsp3) is 1.00. The minimum absolute atomic E-state index is 0.351. The van der Waals surface area contributed by atoms with Crippen molar-refractivity contribution in [2.75, 3.05) is 20.2 Å². The summed E-state index contributed by atoms with van der Waals surface area (Å²) in [7, 11) is 1.87. The lowest BCUT2D eigenvalue weighted by atomic mass is 9.79. The van der Waals surface area contributed by atoms with Gasteiger partial charge in [-0.2, -0.15) is 0 Å². The second-order valence-electron chi connectivity index (χ2n) is 7.78. The van der Waals surface area contributed by atoms with Crippen molar-refractivity contribution in [1.82, 2.24) is 10.2 Å². The molecule has 2 aliphatic rings. The van der Waals surface area contributed by atoms with E-state index in [1.807, 2.05) is 7.11 Å². The summed E-state index contributed by atoms with van der Waals surface area (Å²) < 4.78 is 5.78. The van der Waals surface area contributed by atoms with Gasteiger partial charge < -0.3 is 10.1 Å². The highest BCUT2D eigenvalue weighted by molar-refractivity contribution is 4.90. The summed E-state index contributed by atoms with van der Waals surface area (Å²) in [5.41, 5.74) is 0. The van der Waals surface area contributed by atoms with E-state index in [0.717, 1.165) is 18.4 Å². The Morgan fingerprint density at radius 2 is 1.67 bits per heavy atom. The number of ether oxygens (including phenoxy) is 1. The van der Waals surface area contributed by atoms with Gasteiger partial charge in [-0.15, -0.1) is 0 Å². The van der Waals surface area contributed by atoms with Gasteiger partial charge in [-0.05, 0) is 57.8 Å². The van der Waals surface area contributed by atoms with Crippen LogP contribution in [0, 0.1) is 11.8 Å². The van der Waals surface area contributed by atoms with Crippen molar-refractivity contribution in [2.24, 2.45) is 11.8 Å². The monoisotopic (exact) mass is 296 g/mol. The first kappa shape index (κ1) is 17.2. The lowest BCUT2D eigenvalue weighted by Crippen LogP contribution is -2.57. The molecule has 2 rings (SSSR count). The Morgan fingerprint density at radius 1 is 1.00 bits per heavy atom. The summed E-state index contributed by atoms with van der Waals surface area (Å²) in [5.74, 6) is 1.80. The molecule has 3 nitrogen and oxygen atoms in total. The van der Waals surface area contributed by atoms with E-state index in [4.69, 9.17) is 4.74 Å². The SMILES string of the molecule is CO[C@@H]1CN(C(C)C)CC[C@H]1NC1CCC(C(C)C)CC1. The van der Waals surface area contributed by atoms with Gasteiger partial charge in [0.1, 0.15) is 0 Å². The highest BCUT2D eigenvalue weighted by atomic mass is 16.5. The van der Waals surface area contributed by atoms with Crippen molar-refractivity contribution in [3.05, 3.63) is 0 Å². The zero-order valence-corrected chi connectivity index (χ0v) is 14.8. The van der Waals surface area contributed by atoms with Gasteiger partial charge >= 0.3 is 0 Å². The quantitative estimate of drug-likeness (QED) is 0.842. The molecule has 0 radical (unpaired) electrons. The van der Waals surface area contributed by atoms with E-state index in [1.54, 1.807) is 0 Å². The molecule has 1 N–H and O–H groups in total. The number of rotatable bonds is 5. The van der Waals surface area contributed by atoms with Crippen molar-refractivity contribution in [3.8, 4) is 0 Å². The van der Waals surface area contributed by atoms with Gasteiger partial charge in [-0.3, -0.25) is 4.90 Å². The van der Waals surface area contributed by atoms with Crippen LogP contribution in [-0.2, 0) is 4.74 Å². The van der Waals surface area contributed by atoms with Crippen LogP contribution < -0.4 is 5.32 Å². The average molecular weight is 296 g/mol. The van der Waals surface area contributed by atoms with E-state index in [2.05, 4.69) is 37.9 Å². The Bertz CT molecular complexity index is 298. The Morgan fingerprint density at radius 3 is 2.19 bits per heavy atom. The largest absolute Gasteiger partial charge is 0.378 e. The molecule has 21 heavy (non-hydrogen) atoms. The molecule has 2 fully saturated rings. The Kier molecular flexibility index (Phi) is 6.51. The van der Waals surface area contributed by atoms with Crippen LogP contribution in [0.1, 0.15) is 59.8 Å². The fourth-order valence-electron chi connectivity index (χ4n) is 4.09. The maximum atomic E-state index is 5.78. The molecule has 0 bridgehead atoms. The molecule has 1 aliphatic heterocycles. The Hall–Kier alpha value is -0.120. The molecular weight excluding hydrogens is 260 g/mol. The second-order valence-corrected chi connectivity index (χ2v) is 7.78. The summed E-state index contributed by atoms with van der Waals surface area (Å²) >= 11 is 0. The number of hydrogen-bond donors (Lipinski definition) is 1. The third-order valence-corrected chi connectivity index (χ3v) is 5.79. The van der Waals surface area contributed by atoms with E-state index in [9.17, 15) is 0 Å². The third-order valence-electron chi connectivity index (χ3n) is 5.79. The minimum Gasteiger partial charge on any atom is -0.378 e. The highest BCUT2D eigenvalue weighted by Gasteiger charge is 2.32. The predicted octanol–water partition coefficient (Wildman–Crippen LogP) is 3.29. The first-order valence-corrected chi connectivity index (χ1v) is 9.04. The lowest BCUT2D eigenvalue weighted by Gasteiger charge is -2.42. The van der Waals surface area contributed by atoms with Gasteiger partial charge in [0.05, 0.1) is 6.10 Å². The predicted molar refractivity (Wildman–Crippen MR) is 89.6 cm³/mol. The fourth-order valence-corrected chi connectivity index (χ4v) is 4.09. The van der Waals surface area contributed by atoms with Crippen LogP contribution in [0.15, 0.2) is 0 Å². The molecule has 0 aromatic rings. The molecule has 3 heteroatoms. The number of likely N-dealkylation sites (tertiary alicyclic amines) is 1. The molecule has 0 spiro atoms. The molecule has 2 atom stereocenters. The van der Waals surface area contributed by atoms with Crippen LogP contribution in [-0.4, -0.2) is 49.3 Å². The van der Waals surface area contributed by atoms with Crippen molar-refractivity contribution >= 4 is 0 Å². The molecule has 1 saturated carbocycles. The highest BCUT2D eigenvalue weighted by Crippen LogP contribution is 2.30. The van der Waals surface area contributed by atoms with Crippen LogP contribution >= 0.6 is 0 Å². The topological polar surface area (TPSA) is 24.5 Å². The van der Waals surface area contributed by atoms with Crippen LogP contribution in [0.2, 0.25) is 0 Å². The standard InChI is InChI=1S/C18H36N2O/c1-13(2)15-6-8-16(9-7-15)19-17-10-11-20(14(3)4)12-18(17)21-5/h13-19H,6-12H2,1-5H3/t15?,16?,17-,18-/m1/s1. The zero-order valence-electron chi connectivity index (χ0n) is 14.8. The van der Waals surface area contributed by atoms with Crippen molar-refractivity contribution < 1.29 is 4.74 Å². The van der Waals surface area contributed by atoms with E-state index in [0.29, 0.717) is 24.2 Å². The number of piperidine rings is 1. The van der Waals surface area contributed by atoms with Gasteiger partial charge in [0.2, 0.25) is 0 Å². The first-order valence-electron chi connectivity index (χ1n) is 9.04. The zero-order chi connectivity index (χ0) is 15.4. The van der Waals surface area contributed by atoms with Gasteiger partial charge in [0, 0.05) is 38.3 Å². The minimum atomic E-state index is 0.351. The molecule has 0 unspecified atom stereocenters. The maximum absolute atomic E-state index is 5.78. The number of hydrogen-bond acceptors (Lipinski definition) is 3. The lowest BCUT2D eigenvalue weighted by molar-refractivity contribution is -0.00888. The van der Waals surface area contributed by atoms with Gasteiger partial charge in [0.25, 0.3) is 0 Å².